The Balaban J connectivity index is 2.02. The average molecular weight is 348 g/mol. The molecule has 3 N–H and O–H groups in total. The van der Waals surface area contributed by atoms with E-state index < -0.39 is 5.91 Å². The molecule has 2 atom stereocenters. The lowest BCUT2D eigenvalue weighted by Crippen LogP contribution is -2.37. The summed E-state index contributed by atoms with van der Waals surface area (Å²) in [7, 11) is 1.49. The van der Waals surface area contributed by atoms with Gasteiger partial charge >= 0.3 is 0 Å². The fourth-order valence-electron chi connectivity index (χ4n) is 3.37. The van der Waals surface area contributed by atoms with Gasteiger partial charge in [0.05, 0.1) is 7.11 Å². The monoisotopic (exact) mass is 348 g/mol. The maximum Gasteiger partial charge on any atom is 0.255 e. The van der Waals surface area contributed by atoms with Crippen LogP contribution in [0.5, 0.6) is 11.5 Å². The van der Waals surface area contributed by atoms with Gasteiger partial charge in [-0.15, -0.1) is 0 Å². The molecule has 6 heteroatoms. The molecule has 138 valence electrons. The summed E-state index contributed by atoms with van der Waals surface area (Å²) in [5, 5.41) is 3.17. The Morgan fingerprint density at radius 2 is 2.08 bits per heavy atom. The summed E-state index contributed by atoms with van der Waals surface area (Å²) in [6, 6.07) is 5.17. The van der Waals surface area contributed by atoms with Crippen LogP contribution in [-0.2, 0) is 4.79 Å². The van der Waals surface area contributed by atoms with E-state index in [0.717, 1.165) is 6.42 Å². The molecule has 0 spiro atoms. The van der Waals surface area contributed by atoms with E-state index in [1.54, 1.807) is 18.2 Å². The predicted molar refractivity (Wildman–Crippen MR) is 95.8 cm³/mol. The van der Waals surface area contributed by atoms with Crippen LogP contribution in [0.3, 0.4) is 0 Å². The zero-order valence-electron chi connectivity index (χ0n) is 15.0. The largest absolute Gasteiger partial charge is 0.493 e. The molecular weight excluding hydrogens is 320 g/mol. The van der Waals surface area contributed by atoms with Gasteiger partial charge in [0.25, 0.3) is 11.8 Å². The van der Waals surface area contributed by atoms with Gasteiger partial charge < -0.3 is 20.5 Å². The van der Waals surface area contributed by atoms with Crippen LogP contribution in [-0.4, -0.2) is 31.6 Å². The number of hydrogen-bond donors (Lipinski definition) is 2. The van der Waals surface area contributed by atoms with Gasteiger partial charge in [-0.05, 0) is 43.4 Å². The van der Waals surface area contributed by atoms with E-state index in [-0.39, 0.29) is 18.6 Å². The molecule has 2 amide bonds. The fraction of sp³-hybridized carbons (Fsp3) is 0.579. The maximum absolute atomic E-state index is 12.6. The minimum absolute atomic E-state index is 0.104. The molecule has 0 saturated heterocycles. The van der Waals surface area contributed by atoms with E-state index in [1.165, 1.54) is 39.2 Å². The minimum Gasteiger partial charge on any atom is -0.493 e. The molecule has 2 rings (SSSR count). The number of carbonyl (C=O) groups excluding carboxylic acids is 2. The third kappa shape index (κ3) is 5.37. The van der Waals surface area contributed by atoms with Crippen LogP contribution in [0.25, 0.3) is 0 Å². The smallest absolute Gasteiger partial charge is 0.255 e. The Bertz CT molecular complexity index is 603. The van der Waals surface area contributed by atoms with Crippen molar-refractivity contribution in [2.45, 2.75) is 51.5 Å². The number of methoxy groups -OCH3 is 1. The number of unbranched alkanes of at least 4 members (excludes halogenated alkanes) is 1. The normalized spacial score (nSPS) is 19.4. The first-order chi connectivity index (χ1) is 12.0. The number of carbonyl (C=O) groups is 2. The standard InChI is InChI=1S/C19H28N2O4/c1-3-4-6-13-7-5-8-15(13)21-19(23)14-9-10-16(17(11-14)24-2)25-12-18(20)22/h9-11,13,15H,3-8,12H2,1-2H3,(H2,20,22)(H,21,23)/t13-,15+/m0/s1. The molecule has 25 heavy (non-hydrogen) atoms. The summed E-state index contributed by atoms with van der Waals surface area (Å²) in [5.74, 6) is 0.697. The van der Waals surface area contributed by atoms with Crippen molar-refractivity contribution in [2.75, 3.05) is 13.7 Å². The first-order valence-electron chi connectivity index (χ1n) is 8.95. The number of ether oxygens (including phenoxy) is 2. The summed E-state index contributed by atoms with van der Waals surface area (Å²) in [4.78, 5) is 23.4. The van der Waals surface area contributed by atoms with Crippen molar-refractivity contribution in [3.63, 3.8) is 0 Å². The summed E-state index contributed by atoms with van der Waals surface area (Å²) in [6.45, 7) is 1.96. The molecule has 1 aromatic rings. The molecule has 6 nitrogen and oxygen atoms in total. The van der Waals surface area contributed by atoms with E-state index in [4.69, 9.17) is 15.2 Å². The Labute approximate surface area is 149 Å². The van der Waals surface area contributed by atoms with Crippen LogP contribution in [0.2, 0.25) is 0 Å². The lowest BCUT2D eigenvalue weighted by Gasteiger charge is -2.21. The fourth-order valence-corrected chi connectivity index (χ4v) is 3.37. The molecule has 0 unspecified atom stereocenters. The Morgan fingerprint density at radius 1 is 1.28 bits per heavy atom. The molecule has 1 fully saturated rings. The van der Waals surface area contributed by atoms with Crippen LogP contribution in [0.4, 0.5) is 0 Å². The van der Waals surface area contributed by atoms with E-state index in [1.807, 2.05) is 0 Å². The maximum atomic E-state index is 12.6. The summed E-state index contributed by atoms with van der Waals surface area (Å²) < 4.78 is 10.5. The topological polar surface area (TPSA) is 90.6 Å². The van der Waals surface area contributed by atoms with Crippen molar-refractivity contribution >= 4 is 11.8 Å². The first kappa shape index (κ1) is 19.1. The highest BCUT2D eigenvalue weighted by Gasteiger charge is 2.28. The highest BCUT2D eigenvalue weighted by atomic mass is 16.5. The Kier molecular flexibility index (Phi) is 7.10. The molecule has 0 bridgehead atoms. The zero-order valence-corrected chi connectivity index (χ0v) is 15.0. The van der Waals surface area contributed by atoms with Crippen LogP contribution < -0.4 is 20.5 Å². The number of primary amides is 1. The molecule has 1 aliphatic rings. The van der Waals surface area contributed by atoms with Crippen molar-refractivity contribution < 1.29 is 19.1 Å². The van der Waals surface area contributed by atoms with Crippen molar-refractivity contribution in [3.8, 4) is 11.5 Å². The molecule has 1 aliphatic carbocycles. The van der Waals surface area contributed by atoms with Gasteiger partial charge in [-0.25, -0.2) is 0 Å². The van der Waals surface area contributed by atoms with E-state index in [0.29, 0.717) is 23.0 Å². The third-order valence-electron chi connectivity index (χ3n) is 4.70. The van der Waals surface area contributed by atoms with Crippen molar-refractivity contribution in [1.29, 1.82) is 0 Å². The van der Waals surface area contributed by atoms with E-state index in [9.17, 15) is 9.59 Å². The number of nitrogens with two attached hydrogens (primary N) is 1. The first-order valence-corrected chi connectivity index (χ1v) is 8.95. The highest BCUT2D eigenvalue weighted by Crippen LogP contribution is 2.31. The molecule has 0 radical (unpaired) electrons. The van der Waals surface area contributed by atoms with Crippen molar-refractivity contribution in [3.05, 3.63) is 23.8 Å². The number of nitrogens with one attached hydrogen (secondary N) is 1. The summed E-state index contributed by atoms with van der Waals surface area (Å²) in [5.41, 5.74) is 5.60. The van der Waals surface area contributed by atoms with Crippen LogP contribution >= 0.6 is 0 Å². The second kappa shape index (κ2) is 9.30. The predicted octanol–water partition coefficient (Wildman–Crippen LogP) is 2.65. The zero-order chi connectivity index (χ0) is 18.2. The van der Waals surface area contributed by atoms with Crippen molar-refractivity contribution in [1.82, 2.24) is 5.32 Å². The highest BCUT2D eigenvalue weighted by molar-refractivity contribution is 5.95. The minimum atomic E-state index is -0.566. The lowest BCUT2D eigenvalue weighted by molar-refractivity contribution is -0.119. The lowest BCUT2D eigenvalue weighted by atomic mass is 9.96. The van der Waals surface area contributed by atoms with Gasteiger partial charge in [-0.2, -0.15) is 0 Å². The van der Waals surface area contributed by atoms with Crippen LogP contribution in [0.1, 0.15) is 55.8 Å². The Morgan fingerprint density at radius 3 is 2.76 bits per heavy atom. The van der Waals surface area contributed by atoms with Gasteiger partial charge in [-0.3, -0.25) is 9.59 Å². The van der Waals surface area contributed by atoms with Gasteiger partial charge in [0, 0.05) is 11.6 Å². The molecule has 1 aromatic carbocycles. The number of hydrogen-bond acceptors (Lipinski definition) is 4. The number of amides is 2. The molecule has 0 aromatic heterocycles. The SMILES string of the molecule is CCCC[C@H]1CCC[C@H]1NC(=O)c1ccc(OCC(N)=O)c(OC)c1. The number of rotatable bonds is 9. The van der Waals surface area contributed by atoms with E-state index in [2.05, 4.69) is 12.2 Å². The van der Waals surface area contributed by atoms with Gasteiger partial charge in [0.15, 0.2) is 18.1 Å². The molecule has 1 saturated carbocycles. The van der Waals surface area contributed by atoms with Gasteiger partial charge in [-0.1, -0.05) is 26.2 Å². The molecule has 0 aliphatic heterocycles. The van der Waals surface area contributed by atoms with Gasteiger partial charge in [0.2, 0.25) is 0 Å². The van der Waals surface area contributed by atoms with Crippen LogP contribution in [0.15, 0.2) is 18.2 Å². The van der Waals surface area contributed by atoms with E-state index >= 15 is 0 Å². The summed E-state index contributed by atoms with van der Waals surface area (Å²) >= 11 is 0. The summed E-state index contributed by atoms with van der Waals surface area (Å²) in [6.07, 6.45) is 6.95. The molecular formula is C19H28N2O4. The second-order valence-electron chi connectivity index (χ2n) is 6.53. The number of benzene rings is 1. The third-order valence-corrected chi connectivity index (χ3v) is 4.70. The molecule has 0 heterocycles. The van der Waals surface area contributed by atoms with Gasteiger partial charge in [0.1, 0.15) is 0 Å². The Hall–Kier alpha value is -2.24. The van der Waals surface area contributed by atoms with Crippen molar-refractivity contribution in [2.24, 2.45) is 11.7 Å². The average Bonchev–Trinajstić information content (AvgIpc) is 3.04. The quantitative estimate of drug-likeness (QED) is 0.718. The van der Waals surface area contributed by atoms with Crippen LogP contribution in [0, 0.1) is 5.92 Å². The second-order valence-corrected chi connectivity index (χ2v) is 6.53.